The SMILES string of the molecule is Cc1nc(CCc2ccccn2)sc1C(=O)N(C)CCc1ccncc1. The lowest BCUT2D eigenvalue weighted by atomic mass is 10.2. The lowest BCUT2D eigenvalue weighted by Gasteiger charge is -2.16. The number of hydrogen-bond acceptors (Lipinski definition) is 5. The number of pyridine rings is 2. The first-order valence-corrected chi connectivity index (χ1v) is 9.45. The topological polar surface area (TPSA) is 59.0 Å². The van der Waals surface area contributed by atoms with Crippen molar-refractivity contribution in [2.75, 3.05) is 13.6 Å². The van der Waals surface area contributed by atoms with Gasteiger partial charge in [0.25, 0.3) is 5.91 Å². The molecule has 0 unspecified atom stereocenters. The van der Waals surface area contributed by atoms with Crippen LogP contribution in [0.5, 0.6) is 0 Å². The molecule has 3 aromatic rings. The van der Waals surface area contributed by atoms with E-state index in [1.807, 2.05) is 44.3 Å². The van der Waals surface area contributed by atoms with Gasteiger partial charge in [-0.2, -0.15) is 0 Å². The Morgan fingerprint density at radius 1 is 1.08 bits per heavy atom. The van der Waals surface area contributed by atoms with Crippen molar-refractivity contribution < 1.29 is 4.79 Å². The summed E-state index contributed by atoms with van der Waals surface area (Å²) in [7, 11) is 1.84. The summed E-state index contributed by atoms with van der Waals surface area (Å²) in [6.45, 7) is 2.58. The minimum atomic E-state index is 0.0399. The first kappa shape index (κ1) is 18.2. The van der Waals surface area contributed by atoms with Crippen LogP contribution in [-0.2, 0) is 19.3 Å². The maximum Gasteiger partial charge on any atom is 0.265 e. The molecule has 0 saturated heterocycles. The molecule has 0 aliphatic carbocycles. The Morgan fingerprint density at radius 2 is 1.88 bits per heavy atom. The fraction of sp³-hybridized carbons (Fsp3) is 0.300. The van der Waals surface area contributed by atoms with Crippen LogP contribution in [0.25, 0.3) is 0 Å². The van der Waals surface area contributed by atoms with E-state index in [1.54, 1.807) is 23.5 Å². The molecule has 134 valence electrons. The molecule has 26 heavy (non-hydrogen) atoms. The highest BCUT2D eigenvalue weighted by molar-refractivity contribution is 7.13. The summed E-state index contributed by atoms with van der Waals surface area (Å²) < 4.78 is 0. The number of carbonyl (C=O) groups excluding carboxylic acids is 1. The van der Waals surface area contributed by atoms with E-state index in [0.717, 1.165) is 40.5 Å². The van der Waals surface area contributed by atoms with Crippen LogP contribution in [0.1, 0.15) is 31.6 Å². The van der Waals surface area contributed by atoms with Crippen LogP contribution < -0.4 is 0 Å². The van der Waals surface area contributed by atoms with Crippen LogP contribution >= 0.6 is 11.3 Å². The van der Waals surface area contributed by atoms with Crippen molar-refractivity contribution in [3.63, 3.8) is 0 Å². The van der Waals surface area contributed by atoms with E-state index >= 15 is 0 Å². The fourth-order valence-corrected chi connectivity index (χ4v) is 3.72. The molecule has 0 aromatic carbocycles. The van der Waals surface area contributed by atoms with Gasteiger partial charge in [-0.15, -0.1) is 11.3 Å². The Kier molecular flexibility index (Phi) is 6.07. The van der Waals surface area contributed by atoms with Crippen LogP contribution in [0.4, 0.5) is 0 Å². The van der Waals surface area contributed by atoms with Crippen molar-refractivity contribution in [2.24, 2.45) is 0 Å². The normalized spacial score (nSPS) is 10.7. The molecule has 3 rings (SSSR count). The van der Waals surface area contributed by atoms with Crippen LogP contribution in [0.15, 0.2) is 48.9 Å². The maximum atomic E-state index is 12.7. The molecule has 0 bridgehead atoms. The van der Waals surface area contributed by atoms with Gasteiger partial charge in [-0.1, -0.05) is 6.07 Å². The van der Waals surface area contributed by atoms with Crippen molar-refractivity contribution in [2.45, 2.75) is 26.2 Å². The Labute approximate surface area is 157 Å². The monoisotopic (exact) mass is 366 g/mol. The van der Waals surface area contributed by atoms with Gasteiger partial charge in [0.1, 0.15) is 4.88 Å². The van der Waals surface area contributed by atoms with Gasteiger partial charge in [0, 0.05) is 44.3 Å². The van der Waals surface area contributed by atoms with Crippen LogP contribution in [0, 0.1) is 6.92 Å². The van der Waals surface area contributed by atoms with Gasteiger partial charge in [-0.05, 0) is 49.6 Å². The number of hydrogen-bond donors (Lipinski definition) is 0. The maximum absolute atomic E-state index is 12.7. The number of rotatable bonds is 7. The summed E-state index contributed by atoms with van der Waals surface area (Å²) in [5.41, 5.74) is 3.03. The second kappa shape index (κ2) is 8.67. The smallest absolute Gasteiger partial charge is 0.265 e. The van der Waals surface area contributed by atoms with E-state index in [0.29, 0.717) is 6.54 Å². The highest BCUT2D eigenvalue weighted by atomic mass is 32.1. The second-order valence-electron chi connectivity index (χ2n) is 6.18. The third-order valence-corrected chi connectivity index (χ3v) is 5.39. The van der Waals surface area contributed by atoms with Crippen molar-refractivity contribution in [1.29, 1.82) is 0 Å². The summed E-state index contributed by atoms with van der Waals surface area (Å²) in [5.74, 6) is 0.0399. The average molecular weight is 366 g/mol. The Hall–Kier alpha value is -2.60. The molecule has 6 heteroatoms. The number of thiazole rings is 1. The molecule has 3 heterocycles. The highest BCUT2D eigenvalue weighted by Crippen LogP contribution is 2.21. The molecule has 0 aliphatic heterocycles. The zero-order chi connectivity index (χ0) is 18.4. The predicted octanol–water partition coefficient (Wildman–Crippen LogP) is 3.34. The van der Waals surface area contributed by atoms with Gasteiger partial charge in [-0.25, -0.2) is 4.98 Å². The molecule has 0 saturated carbocycles. The summed E-state index contributed by atoms with van der Waals surface area (Å²) in [5, 5.41) is 0.985. The number of carbonyl (C=O) groups is 1. The first-order valence-electron chi connectivity index (χ1n) is 8.64. The third kappa shape index (κ3) is 4.73. The molecule has 0 aliphatic rings. The zero-order valence-corrected chi connectivity index (χ0v) is 15.9. The van der Waals surface area contributed by atoms with Crippen molar-refractivity contribution >= 4 is 17.2 Å². The summed E-state index contributed by atoms with van der Waals surface area (Å²) in [4.78, 5) is 28.2. The van der Waals surface area contributed by atoms with E-state index in [4.69, 9.17) is 0 Å². The number of likely N-dealkylation sites (N-methyl/N-ethyl adjacent to an activating group) is 1. The molecule has 0 N–H and O–H groups in total. The molecular formula is C20H22N4OS. The minimum absolute atomic E-state index is 0.0399. The number of aromatic nitrogens is 3. The Balaban J connectivity index is 1.59. The van der Waals surface area contributed by atoms with Gasteiger partial charge >= 0.3 is 0 Å². The highest BCUT2D eigenvalue weighted by Gasteiger charge is 2.19. The number of nitrogens with zero attached hydrogens (tertiary/aromatic N) is 4. The quantitative estimate of drug-likeness (QED) is 0.643. The molecule has 5 nitrogen and oxygen atoms in total. The van der Waals surface area contributed by atoms with Crippen molar-refractivity contribution in [3.05, 3.63) is 75.8 Å². The second-order valence-corrected chi connectivity index (χ2v) is 7.26. The Bertz CT molecular complexity index is 849. The average Bonchev–Trinajstić information content (AvgIpc) is 3.06. The lowest BCUT2D eigenvalue weighted by molar-refractivity contribution is 0.0800. The molecule has 0 radical (unpaired) electrons. The Morgan fingerprint density at radius 3 is 2.62 bits per heavy atom. The standard InChI is InChI=1S/C20H22N4OS/c1-15-19(20(25)24(2)14-10-16-8-12-21-13-9-16)26-18(23-15)7-6-17-5-3-4-11-22-17/h3-5,8-9,11-13H,6-7,10,14H2,1-2H3. The summed E-state index contributed by atoms with van der Waals surface area (Å²) in [6.07, 6.45) is 7.80. The van der Waals surface area contributed by atoms with Crippen LogP contribution in [0.2, 0.25) is 0 Å². The zero-order valence-electron chi connectivity index (χ0n) is 15.1. The van der Waals surface area contributed by atoms with E-state index in [9.17, 15) is 4.79 Å². The van der Waals surface area contributed by atoms with Gasteiger partial charge in [0.05, 0.1) is 10.7 Å². The van der Waals surface area contributed by atoms with Crippen molar-refractivity contribution in [1.82, 2.24) is 19.9 Å². The van der Waals surface area contributed by atoms with E-state index < -0.39 is 0 Å². The predicted molar refractivity (Wildman–Crippen MR) is 103 cm³/mol. The van der Waals surface area contributed by atoms with Gasteiger partial charge in [-0.3, -0.25) is 14.8 Å². The molecule has 3 aromatic heterocycles. The van der Waals surface area contributed by atoms with Gasteiger partial charge in [0.15, 0.2) is 0 Å². The molecule has 0 spiro atoms. The van der Waals surface area contributed by atoms with E-state index in [1.165, 1.54) is 16.9 Å². The summed E-state index contributed by atoms with van der Waals surface area (Å²) in [6, 6.07) is 9.87. The largest absolute Gasteiger partial charge is 0.341 e. The lowest BCUT2D eigenvalue weighted by Crippen LogP contribution is -2.28. The molecular weight excluding hydrogens is 344 g/mol. The molecule has 0 atom stereocenters. The number of aryl methyl sites for hydroxylation is 3. The molecule has 0 fully saturated rings. The summed E-state index contributed by atoms with van der Waals surface area (Å²) >= 11 is 1.50. The van der Waals surface area contributed by atoms with Crippen molar-refractivity contribution in [3.8, 4) is 0 Å². The number of amides is 1. The van der Waals surface area contributed by atoms with E-state index in [-0.39, 0.29) is 5.91 Å². The van der Waals surface area contributed by atoms with E-state index in [2.05, 4.69) is 15.0 Å². The van der Waals surface area contributed by atoms with Crippen LogP contribution in [0.3, 0.4) is 0 Å². The fourth-order valence-electron chi connectivity index (χ4n) is 2.66. The van der Waals surface area contributed by atoms with Crippen LogP contribution in [-0.4, -0.2) is 39.4 Å². The first-order chi connectivity index (χ1) is 12.6. The molecule has 1 amide bonds. The van der Waals surface area contributed by atoms with Gasteiger partial charge in [0.2, 0.25) is 0 Å². The van der Waals surface area contributed by atoms with Gasteiger partial charge < -0.3 is 4.90 Å². The third-order valence-electron chi connectivity index (χ3n) is 4.19. The minimum Gasteiger partial charge on any atom is -0.341 e.